The highest BCUT2D eigenvalue weighted by molar-refractivity contribution is 5.80. The Morgan fingerprint density at radius 2 is 1.88 bits per heavy atom. The van der Waals surface area contributed by atoms with Gasteiger partial charge in [-0.1, -0.05) is 6.42 Å². The molecule has 6 nitrogen and oxygen atoms in total. The van der Waals surface area contributed by atoms with Gasteiger partial charge in [-0.2, -0.15) is 0 Å². The third-order valence-electron chi connectivity index (χ3n) is 3.16. The summed E-state index contributed by atoms with van der Waals surface area (Å²) in [6.45, 7) is 1.51. The SMILES string of the molecule is O=C(O)CN(C(=O)NN1CCCCC1)C1CC1. The lowest BCUT2D eigenvalue weighted by Crippen LogP contribution is -2.52. The van der Waals surface area contributed by atoms with Crippen LogP contribution >= 0.6 is 0 Å². The predicted molar refractivity (Wildman–Crippen MR) is 61.3 cm³/mol. The smallest absolute Gasteiger partial charge is 0.332 e. The van der Waals surface area contributed by atoms with Gasteiger partial charge in [0.15, 0.2) is 0 Å². The summed E-state index contributed by atoms with van der Waals surface area (Å²) in [5.41, 5.74) is 2.80. The predicted octanol–water partition coefficient (Wildman–Crippen LogP) is 0.646. The highest BCUT2D eigenvalue weighted by atomic mass is 16.4. The molecule has 0 aromatic carbocycles. The lowest BCUT2D eigenvalue weighted by molar-refractivity contribution is -0.137. The fraction of sp³-hybridized carbons (Fsp3) is 0.818. The van der Waals surface area contributed by atoms with Gasteiger partial charge in [0.1, 0.15) is 6.54 Å². The second-order valence-corrected chi connectivity index (χ2v) is 4.72. The average Bonchev–Trinajstić information content (AvgIpc) is 3.10. The average molecular weight is 241 g/mol. The number of hydrogen-bond donors (Lipinski definition) is 2. The van der Waals surface area contributed by atoms with Gasteiger partial charge in [0.05, 0.1) is 0 Å². The molecule has 1 aliphatic heterocycles. The van der Waals surface area contributed by atoms with E-state index in [0.29, 0.717) is 0 Å². The van der Waals surface area contributed by atoms with Crippen molar-refractivity contribution in [2.75, 3.05) is 19.6 Å². The first-order valence-corrected chi connectivity index (χ1v) is 6.21. The summed E-state index contributed by atoms with van der Waals surface area (Å²) in [6.07, 6.45) is 5.21. The molecule has 2 amide bonds. The Balaban J connectivity index is 1.84. The van der Waals surface area contributed by atoms with Crippen molar-refractivity contribution in [2.24, 2.45) is 0 Å². The van der Waals surface area contributed by atoms with Gasteiger partial charge in [-0.25, -0.2) is 9.80 Å². The number of urea groups is 1. The lowest BCUT2D eigenvalue weighted by atomic mass is 10.2. The zero-order valence-corrected chi connectivity index (χ0v) is 9.89. The van der Waals surface area contributed by atoms with Crippen LogP contribution in [0.1, 0.15) is 32.1 Å². The summed E-state index contributed by atoms with van der Waals surface area (Å²) in [5, 5.41) is 10.7. The minimum Gasteiger partial charge on any atom is -0.480 e. The zero-order chi connectivity index (χ0) is 12.3. The number of carbonyl (C=O) groups excluding carboxylic acids is 1. The van der Waals surface area contributed by atoms with Gasteiger partial charge in [-0.05, 0) is 25.7 Å². The number of nitrogens with zero attached hydrogens (tertiary/aromatic N) is 2. The lowest BCUT2D eigenvalue weighted by Gasteiger charge is -2.30. The summed E-state index contributed by atoms with van der Waals surface area (Å²) in [5.74, 6) is -0.953. The van der Waals surface area contributed by atoms with E-state index in [1.807, 2.05) is 5.01 Å². The molecule has 0 atom stereocenters. The molecular weight excluding hydrogens is 222 g/mol. The zero-order valence-electron chi connectivity index (χ0n) is 9.89. The van der Waals surface area contributed by atoms with Crippen LogP contribution in [-0.4, -0.2) is 52.7 Å². The van der Waals surface area contributed by atoms with Crippen LogP contribution in [0, 0.1) is 0 Å². The molecule has 0 spiro atoms. The minimum absolute atomic E-state index is 0.121. The van der Waals surface area contributed by atoms with Crippen LogP contribution in [0.5, 0.6) is 0 Å². The summed E-state index contributed by atoms with van der Waals surface area (Å²) in [6, 6.07) is -0.146. The number of carboxylic acids is 1. The Bertz CT molecular complexity index is 298. The van der Waals surface area contributed by atoms with E-state index in [4.69, 9.17) is 5.11 Å². The monoisotopic (exact) mass is 241 g/mol. The summed E-state index contributed by atoms with van der Waals surface area (Å²) in [7, 11) is 0. The van der Waals surface area contributed by atoms with Crippen LogP contribution in [0.25, 0.3) is 0 Å². The van der Waals surface area contributed by atoms with E-state index in [1.165, 1.54) is 11.3 Å². The second kappa shape index (κ2) is 5.35. The molecular formula is C11H19N3O3. The fourth-order valence-electron chi connectivity index (χ4n) is 2.10. The summed E-state index contributed by atoms with van der Waals surface area (Å²) >= 11 is 0. The van der Waals surface area contributed by atoms with Crippen molar-refractivity contribution in [1.29, 1.82) is 0 Å². The molecule has 2 rings (SSSR count). The minimum atomic E-state index is -0.953. The van der Waals surface area contributed by atoms with Crippen LogP contribution in [0.3, 0.4) is 0 Å². The molecule has 96 valence electrons. The number of piperidine rings is 1. The first kappa shape index (κ1) is 12.2. The molecule has 1 heterocycles. The topological polar surface area (TPSA) is 72.9 Å². The van der Waals surface area contributed by atoms with Crippen molar-refractivity contribution in [3.05, 3.63) is 0 Å². The maximum Gasteiger partial charge on any atom is 0.332 e. The molecule has 2 aliphatic rings. The first-order valence-electron chi connectivity index (χ1n) is 6.21. The van der Waals surface area contributed by atoms with E-state index < -0.39 is 5.97 Å². The maximum atomic E-state index is 11.9. The van der Waals surface area contributed by atoms with Crippen molar-refractivity contribution in [3.63, 3.8) is 0 Å². The highest BCUT2D eigenvalue weighted by Crippen LogP contribution is 2.26. The van der Waals surface area contributed by atoms with Crippen LogP contribution in [0.4, 0.5) is 4.79 Å². The Labute approximate surface area is 101 Å². The first-order chi connectivity index (χ1) is 8.16. The number of carbonyl (C=O) groups is 2. The number of hydrogen-bond acceptors (Lipinski definition) is 3. The number of carboxylic acid groups (broad SMARTS) is 1. The molecule has 1 saturated heterocycles. The quantitative estimate of drug-likeness (QED) is 0.758. The second-order valence-electron chi connectivity index (χ2n) is 4.72. The Morgan fingerprint density at radius 1 is 1.24 bits per heavy atom. The van der Waals surface area contributed by atoms with Crippen LogP contribution < -0.4 is 5.43 Å². The van der Waals surface area contributed by atoms with E-state index in [2.05, 4.69) is 5.43 Å². The molecule has 0 aromatic rings. The number of nitrogens with one attached hydrogen (secondary N) is 1. The van der Waals surface area contributed by atoms with E-state index in [-0.39, 0.29) is 18.6 Å². The molecule has 0 bridgehead atoms. The van der Waals surface area contributed by atoms with Gasteiger partial charge >= 0.3 is 12.0 Å². The van der Waals surface area contributed by atoms with Gasteiger partial charge in [0.25, 0.3) is 0 Å². The molecule has 6 heteroatoms. The van der Waals surface area contributed by atoms with E-state index in [1.54, 1.807) is 0 Å². The molecule has 1 aliphatic carbocycles. The third-order valence-corrected chi connectivity index (χ3v) is 3.16. The fourth-order valence-corrected chi connectivity index (χ4v) is 2.10. The number of amides is 2. The van der Waals surface area contributed by atoms with Crippen molar-refractivity contribution in [1.82, 2.24) is 15.3 Å². The summed E-state index contributed by atoms with van der Waals surface area (Å²) in [4.78, 5) is 24.1. The van der Waals surface area contributed by atoms with Gasteiger partial charge in [-0.3, -0.25) is 10.2 Å². The van der Waals surface area contributed by atoms with Crippen molar-refractivity contribution < 1.29 is 14.7 Å². The molecule has 2 N–H and O–H groups in total. The van der Waals surface area contributed by atoms with Gasteiger partial charge in [0.2, 0.25) is 0 Å². The Hall–Kier alpha value is -1.30. The summed E-state index contributed by atoms with van der Waals surface area (Å²) < 4.78 is 0. The molecule has 1 saturated carbocycles. The van der Waals surface area contributed by atoms with Crippen LogP contribution in [0.2, 0.25) is 0 Å². The molecule has 2 fully saturated rings. The third kappa shape index (κ3) is 3.59. The molecule has 0 radical (unpaired) electrons. The van der Waals surface area contributed by atoms with Crippen molar-refractivity contribution >= 4 is 12.0 Å². The van der Waals surface area contributed by atoms with Gasteiger partial charge < -0.3 is 10.0 Å². The van der Waals surface area contributed by atoms with E-state index >= 15 is 0 Å². The van der Waals surface area contributed by atoms with Crippen LogP contribution in [0.15, 0.2) is 0 Å². The largest absolute Gasteiger partial charge is 0.480 e. The van der Waals surface area contributed by atoms with Gasteiger partial charge in [0, 0.05) is 19.1 Å². The maximum absolute atomic E-state index is 11.9. The Morgan fingerprint density at radius 3 is 2.41 bits per heavy atom. The van der Waals surface area contributed by atoms with E-state index in [0.717, 1.165) is 38.8 Å². The number of hydrazine groups is 1. The van der Waals surface area contributed by atoms with Crippen molar-refractivity contribution in [3.8, 4) is 0 Å². The molecule has 17 heavy (non-hydrogen) atoms. The highest BCUT2D eigenvalue weighted by Gasteiger charge is 2.34. The standard InChI is InChI=1S/C11H19N3O3/c15-10(16)8-14(9-4-5-9)11(17)12-13-6-2-1-3-7-13/h9H,1-8H2,(H,12,17)(H,15,16). The van der Waals surface area contributed by atoms with Crippen molar-refractivity contribution in [2.45, 2.75) is 38.1 Å². The van der Waals surface area contributed by atoms with E-state index in [9.17, 15) is 9.59 Å². The number of rotatable bonds is 4. The normalized spacial score (nSPS) is 20.9. The van der Waals surface area contributed by atoms with Gasteiger partial charge in [-0.15, -0.1) is 0 Å². The Kier molecular flexibility index (Phi) is 3.83. The number of aliphatic carboxylic acids is 1. The van der Waals surface area contributed by atoms with Crippen LogP contribution in [-0.2, 0) is 4.79 Å². The molecule has 0 aromatic heterocycles. The molecule has 0 unspecified atom stereocenters.